The second-order valence-corrected chi connectivity index (χ2v) is 7.03. The number of para-hydroxylation sites is 1. The van der Waals surface area contributed by atoms with E-state index in [0.717, 1.165) is 13.1 Å². The maximum atomic E-state index is 13.0. The quantitative estimate of drug-likeness (QED) is 0.609. The summed E-state index contributed by atoms with van der Waals surface area (Å²) >= 11 is 0. The van der Waals surface area contributed by atoms with Crippen molar-refractivity contribution in [2.24, 2.45) is 0 Å². The maximum absolute atomic E-state index is 13.0. The number of hydrogen-bond acceptors (Lipinski definition) is 2. The second kappa shape index (κ2) is 3.84. The molecule has 0 amide bonds. The molecule has 0 spiro atoms. The molecule has 17 heavy (non-hydrogen) atoms. The predicted octanol–water partition coefficient (Wildman–Crippen LogP) is 2.58. The highest BCUT2D eigenvalue weighted by Gasteiger charge is 2.57. The van der Waals surface area contributed by atoms with Gasteiger partial charge < -0.3 is 4.52 Å². The summed E-state index contributed by atoms with van der Waals surface area (Å²) in [7, 11) is -2.81. The lowest BCUT2D eigenvalue weighted by molar-refractivity contribution is 0.400. The molecule has 5 heteroatoms. The molecule has 5 atom stereocenters. The van der Waals surface area contributed by atoms with Crippen LogP contribution in [0.1, 0.15) is 13.8 Å². The van der Waals surface area contributed by atoms with E-state index < -0.39 is 7.67 Å². The van der Waals surface area contributed by atoms with Gasteiger partial charge in [-0.3, -0.25) is 0 Å². The zero-order chi connectivity index (χ0) is 12.0. The molecule has 1 aromatic carbocycles. The Balaban J connectivity index is 1.83. The molecule has 92 valence electrons. The first-order chi connectivity index (χ1) is 8.11. The van der Waals surface area contributed by atoms with E-state index in [-0.39, 0.29) is 0 Å². The van der Waals surface area contributed by atoms with Crippen molar-refractivity contribution in [1.29, 1.82) is 0 Å². The highest BCUT2D eigenvalue weighted by atomic mass is 31.2. The fourth-order valence-electron chi connectivity index (χ4n) is 2.02. The summed E-state index contributed by atoms with van der Waals surface area (Å²) in [5.74, 6) is 0.689. The van der Waals surface area contributed by atoms with Crippen molar-refractivity contribution in [3.8, 4) is 5.75 Å². The van der Waals surface area contributed by atoms with Gasteiger partial charge in [-0.15, -0.1) is 0 Å². The SMILES string of the molecule is C[C@@H]1CN1P(=O)(Oc1ccccc1)N1C[C@@H]1C. The molecule has 0 aromatic heterocycles. The van der Waals surface area contributed by atoms with Crippen molar-refractivity contribution in [1.82, 2.24) is 9.34 Å². The van der Waals surface area contributed by atoms with Crippen molar-refractivity contribution in [2.75, 3.05) is 13.1 Å². The van der Waals surface area contributed by atoms with Gasteiger partial charge in [-0.1, -0.05) is 18.2 Å². The van der Waals surface area contributed by atoms with E-state index in [0.29, 0.717) is 17.8 Å². The van der Waals surface area contributed by atoms with Crippen molar-refractivity contribution < 1.29 is 9.09 Å². The van der Waals surface area contributed by atoms with Gasteiger partial charge >= 0.3 is 7.67 Å². The lowest BCUT2D eigenvalue weighted by Gasteiger charge is -2.21. The van der Waals surface area contributed by atoms with E-state index >= 15 is 0 Å². The standard InChI is InChI=1S/C12H17N2O2P/c1-10-8-13(10)17(15,14-9-11(14)2)16-12-6-4-3-5-7-12/h3-7,10-11H,8-9H2,1-2H3/t10-,11+,13?,14?,17?. The molecular formula is C12H17N2O2P. The molecule has 3 unspecified atom stereocenters. The number of benzene rings is 1. The molecule has 2 fully saturated rings. The molecule has 2 heterocycles. The molecule has 0 bridgehead atoms. The maximum Gasteiger partial charge on any atom is 0.396 e. The van der Waals surface area contributed by atoms with Crippen molar-refractivity contribution in [3.05, 3.63) is 30.3 Å². The van der Waals surface area contributed by atoms with Gasteiger partial charge in [-0.05, 0) is 26.0 Å². The summed E-state index contributed by atoms with van der Waals surface area (Å²) in [6, 6.07) is 10.2. The Bertz CT molecular complexity index is 445. The monoisotopic (exact) mass is 252 g/mol. The van der Waals surface area contributed by atoms with Crippen LogP contribution in [0.4, 0.5) is 0 Å². The third-order valence-corrected chi connectivity index (χ3v) is 6.13. The predicted molar refractivity (Wildman–Crippen MR) is 67.0 cm³/mol. The molecule has 3 rings (SSSR count). The average Bonchev–Trinajstić information content (AvgIpc) is 3.19. The Labute approximate surface area is 102 Å². The van der Waals surface area contributed by atoms with Crippen LogP contribution >= 0.6 is 7.67 Å². The molecule has 0 radical (unpaired) electrons. The molecule has 4 nitrogen and oxygen atoms in total. The van der Waals surface area contributed by atoms with E-state index in [1.807, 2.05) is 39.7 Å². The number of rotatable bonds is 4. The summed E-state index contributed by atoms with van der Waals surface area (Å²) in [6.07, 6.45) is 0. The average molecular weight is 252 g/mol. The largest absolute Gasteiger partial charge is 0.422 e. The molecule has 2 aliphatic rings. The fourth-order valence-corrected chi connectivity index (χ4v) is 4.81. The smallest absolute Gasteiger partial charge is 0.396 e. The third-order valence-electron chi connectivity index (χ3n) is 3.27. The highest BCUT2D eigenvalue weighted by molar-refractivity contribution is 7.55. The summed E-state index contributed by atoms with van der Waals surface area (Å²) in [4.78, 5) is 0. The first-order valence-electron chi connectivity index (χ1n) is 6.00. The van der Waals surface area contributed by atoms with Gasteiger partial charge in [-0.2, -0.15) is 0 Å². The molecule has 0 aliphatic carbocycles. The number of hydrogen-bond donors (Lipinski definition) is 0. The first-order valence-corrected chi connectivity index (χ1v) is 7.53. The van der Waals surface area contributed by atoms with Crippen molar-refractivity contribution in [2.45, 2.75) is 25.9 Å². The van der Waals surface area contributed by atoms with E-state index in [9.17, 15) is 4.57 Å². The Kier molecular flexibility index (Phi) is 2.54. The van der Waals surface area contributed by atoms with Crippen LogP contribution in [-0.4, -0.2) is 34.5 Å². The van der Waals surface area contributed by atoms with Crippen LogP contribution in [0.25, 0.3) is 0 Å². The zero-order valence-electron chi connectivity index (χ0n) is 10.1. The zero-order valence-corrected chi connectivity index (χ0v) is 11.0. The van der Waals surface area contributed by atoms with Gasteiger partial charge in [0.1, 0.15) is 5.75 Å². The molecule has 2 saturated heterocycles. The topological polar surface area (TPSA) is 32.3 Å². The summed E-state index contributed by atoms with van der Waals surface area (Å²) in [5.41, 5.74) is 0. The second-order valence-electron chi connectivity index (χ2n) is 4.84. The number of nitrogens with zero attached hydrogens (tertiary/aromatic N) is 2. The van der Waals surface area contributed by atoms with Crippen LogP contribution in [0, 0.1) is 0 Å². The summed E-state index contributed by atoms with van der Waals surface area (Å²) in [5, 5.41) is 0. The van der Waals surface area contributed by atoms with Crippen LogP contribution in [0.5, 0.6) is 5.75 Å². The van der Waals surface area contributed by atoms with Crippen LogP contribution in [0.15, 0.2) is 30.3 Å². The molecule has 0 N–H and O–H groups in total. The Hall–Kier alpha value is -0.830. The van der Waals surface area contributed by atoms with Crippen molar-refractivity contribution >= 4 is 7.67 Å². The van der Waals surface area contributed by atoms with Crippen LogP contribution in [0.3, 0.4) is 0 Å². The van der Waals surface area contributed by atoms with Gasteiger partial charge in [0, 0.05) is 25.2 Å². The molecular weight excluding hydrogens is 235 g/mol. The molecule has 1 aromatic rings. The van der Waals surface area contributed by atoms with Crippen LogP contribution in [-0.2, 0) is 4.57 Å². The minimum absolute atomic E-state index is 0.373. The van der Waals surface area contributed by atoms with Crippen LogP contribution in [0.2, 0.25) is 0 Å². The van der Waals surface area contributed by atoms with Gasteiger partial charge in [0.25, 0.3) is 0 Å². The lowest BCUT2D eigenvalue weighted by atomic mass is 10.3. The van der Waals surface area contributed by atoms with E-state index in [1.165, 1.54) is 0 Å². The van der Waals surface area contributed by atoms with E-state index in [1.54, 1.807) is 0 Å². The Morgan fingerprint density at radius 3 is 2.00 bits per heavy atom. The Morgan fingerprint density at radius 2 is 1.59 bits per heavy atom. The van der Waals surface area contributed by atoms with Crippen LogP contribution < -0.4 is 4.52 Å². The minimum atomic E-state index is -2.81. The summed E-state index contributed by atoms with van der Waals surface area (Å²) < 4.78 is 22.7. The van der Waals surface area contributed by atoms with Gasteiger partial charge in [0.05, 0.1) is 0 Å². The highest BCUT2D eigenvalue weighted by Crippen LogP contribution is 2.64. The minimum Gasteiger partial charge on any atom is -0.422 e. The Morgan fingerprint density at radius 1 is 1.12 bits per heavy atom. The fraction of sp³-hybridized carbons (Fsp3) is 0.500. The van der Waals surface area contributed by atoms with E-state index in [4.69, 9.17) is 4.52 Å². The van der Waals surface area contributed by atoms with Crippen molar-refractivity contribution in [3.63, 3.8) is 0 Å². The molecule has 2 aliphatic heterocycles. The third kappa shape index (κ3) is 2.01. The summed E-state index contributed by atoms with van der Waals surface area (Å²) in [6.45, 7) is 5.89. The van der Waals surface area contributed by atoms with E-state index in [2.05, 4.69) is 13.8 Å². The normalized spacial score (nSPS) is 38.2. The first kappa shape index (κ1) is 11.3. The van der Waals surface area contributed by atoms with Gasteiger partial charge in [-0.25, -0.2) is 13.9 Å². The van der Waals surface area contributed by atoms with Gasteiger partial charge in [0.15, 0.2) is 0 Å². The lowest BCUT2D eigenvalue weighted by Crippen LogP contribution is -2.13. The molecule has 0 saturated carbocycles. The van der Waals surface area contributed by atoms with Gasteiger partial charge in [0.2, 0.25) is 0 Å².